The quantitative estimate of drug-likeness (QED) is 0.356. The first-order chi connectivity index (χ1) is 6.31. The standard InChI is InChI=1S/C10H19NO2/c1-3-5-8-11-9-6-7-10(12)13-4-2/h4,11H,2-3,5-9H2,1H3. The van der Waals surface area contributed by atoms with Crippen molar-refractivity contribution in [2.75, 3.05) is 13.1 Å². The number of carbonyl (C=O) groups excluding carboxylic acids is 1. The van der Waals surface area contributed by atoms with Gasteiger partial charge in [0.05, 0.1) is 6.26 Å². The molecule has 76 valence electrons. The lowest BCUT2D eigenvalue weighted by atomic mass is 10.3. The Bertz CT molecular complexity index is 146. The molecule has 3 heteroatoms. The monoisotopic (exact) mass is 185 g/mol. The van der Waals surface area contributed by atoms with Crippen LogP contribution in [0.2, 0.25) is 0 Å². The first-order valence-corrected chi connectivity index (χ1v) is 4.82. The fraction of sp³-hybridized carbons (Fsp3) is 0.700. The van der Waals surface area contributed by atoms with Crippen LogP contribution in [0.5, 0.6) is 0 Å². The molecule has 0 aromatic heterocycles. The van der Waals surface area contributed by atoms with E-state index in [0.29, 0.717) is 6.42 Å². The molecule has 0 unspecified atom stereocenters. The van der Waals surface area contributed by atoms with Crippen molar-refractivity contribution >= 4 is 5.97 Å². The average Bonchev–Trinajstić information content (AvgIpc) is 2.11. The Labute approximate surface area is 80.2 Å². The van der Waals surface area contributed by atoms with E-state index < -0.39 is 0 Å². The maximum absolute atomic E-state index is 10.8. The minimum absolute atomic E-state index is 0.202. The highest BCUT2D eigenvalue weighted by atomic mass is 16.5. The van der Waals surface area contributed by atoms with Crippen molar-refractivity contribution in [2.45, 2.75) is 32.6 Å². The molecular formula is C10H19NO2. The third-order valence-corrected chi connectivity index (χ3v) is 1.66. The van der Waals surface area contributed by atoms with Gasteiger partial charge in [-0.2, -0.15) is 0 Å². The summed E-state index contributed by atoms with van der Waals surface area (Å²) in [5, 5.41) is 3.25. The Morgan fingerprint density at radius 3 is 2.77 bits per heavy atom. The van der Waals surface area contributed by atoms with Crippen LogP contribution in [0.4, 0.5) is 0 Å². The molecule has 0 aliphatic rings. The lowest BCUT2D eigenvalue weighted by Crippen LogP contribution is -2.17. The van der Waals surface area contributed by atoms with Crippen molar-refractivity contribution in [1.82, 2.24) is 5.32 Å². The molecule has 0 amide bonds. The molecular weight excluding hydrogens is 166 g/mol. The second kappa shape index (κ2) is 9.26. The van der Waals surface area contributed by atoms with E-state index in [1.165, 1.54) is 19.1 Å². The van der Waals surface area contributed by atoms with Crippen LogP contribution in [0, 0.1) is 0 Å². The lowest BCUT2D eigenvalue weighted by Gasteiger charge is -2.02. The third kappa shape index (κ3) is 9.08. The number of carbonyl (C=O) groups is 1. The summed E-state index contributed by atoms with van der Waals surface area (Å²) in [5.41, 5.74) is 0. The van der Waals surface area contributed by atoms with Crippen LogP contribution in [0.15, 0.2) is 12.8 Å². The topological polar surface area (TPSA) is 38.3 Å². The highest BCUT2D eigenvalue weighted by molar-refractivity contribution is 5.69. The number of hydrogen-bond donors (Lipinski definition) is 1. The van der Waals surface area contributed by atoms with Crippen LogP contribution in [-0.2, 0) is 9.53 Å². The van der Waals surface area contributed by atoms with Gasteiger partial charge in [0.2, 0.25) is 0 Å². The Kier molecular flexibility index (Phi) is 8.67. The number of hydrogen-bond acceptors (Lipinski definition) is 3. The highest BCUT2D eigenvalue weighted by Crippen LogP contribution is 1.92. The minimum Gasteiger partial charge on any atom is -0.435 e. The number of rotatable bonds is 8. The number of esters is 1. The molecule has 0 atom stereocenters. The molecule has 0 saturated heterocycles. The van der Waals surface area contributed by atoms with Gasteiger partial charge in [-0.15, -0.1) is 0 Å². The summed E-state index contributed by atoms with van der Waals surface area (Å²) in [7, 11) is 0. The van der Waals surface area contributed by atoms with E-state index in [9.17, 15) is 4.79 Å². The van der Waals surface area contributed by atoms with Crippen molar-refractivity contribution in [3.05, 3.63) is 12.8 Å². The molecule has 0 fully saturated rings. The molecule has 0 aromatic rings. The second-order valence-electron chi connectivity index (χ2n) is 2.86. The lowest BCUT2D eigenvalue weighted by molar-refractivity contribution is -0.138. The number of unbranched alkanes of at least 4 members (excludes halogenated alkanes) is 1. The number of ether oxygens (including phenoxy) is 1. The maximum Gasteiger partial charge on any atom is 0.310 e. The van der Waals surface area contributed by atoms with Crippen molar-refractivity contribution in [3.8, 4) is 0 Å². The van der Waals surface area contributed by atoms with Crippen molar-refractivity contribution in [3.63, 3.8) is 0 Å². The Hall–Kier alpha value is -0.830. The molecule has 0 aliphatic carbocycles. The molecule has 1 N–H and O–H groups in total. The summed E-state index contributed by atoms with van der Waals surface area (Å²) in [6.45, 7) is 7.38. The average molecular weight is 185 g/mol. The highest BCUT2D eigenvalue weighted by Gasteiger charge is 1.98. The van der Waals surface area contributed by atoms with E-state index in [-0.39, 0.29) is 5.97 Å². The van der Waals surface area contributed by atoms with Crippen LogP contribution < -0.4 is 5.32 Å². The molecule has 0 aromatic carbocycles. The smallest absolute Gasteiger partial charge is 0.310 e. The fourth-order valence-electron chi connectivity index (χ4n) is 0.936. The molecule has 0 aliphatic heterocycles. The van der Waals surface area contributed by atoms with E-state index in [1.807, 2.05) is 0 Å². The summed E-state index contributed by atoms with van der Waals surface area (Å²) in [4.78, 5) is 10.8. The molecule has 0 rings (SSSR count). The Morgan fingerprint density at radius 1 is 1.46 bits per heavy atom. The zero-order valence-electron chi connectivity index (χ0n) is 8.34. The minimum atomic E-state index is -0.202. The van der Waals surface area contributed by atoms with E-state index in [4.69, 9.17) is 0 Å². The van der Waals surface area contributed by atoms with Gasteiger partial charge in [-0.1, -0.05) is 19.9 Å². The van der Waals surface area contributed by atoms with Gasteiger partial charge in [0, 0.05) is 6.42 Å². The first-order valence-electron chi connectivity index (χ1n) is 4.82. The van der Waals surface area contributed by atoms with Crippen molar-refractivity contribution in [2.24, 2.45) is 0 Å². The molecule has 0 bridgehead atoms. The first kappa shape index (κ1) is 12.2. The van der Waals surface area contributed by atoms with Crippen LogP contribution in [0.25, 0.3) is 0 Å². The molecule has 0 saturated carbocycles. The van der Waals surface area contributed by atoms with Gasteiger partial charge in [-0.05, 0) is 25.9 Å². The Morgan fingerprint density at radius 2 is 2.15 bits per heavy atom. The maximum atomic E-state index is 10.8. The summed E-state index contributed by atoms with van der Waals surface area (Å²) in [6, 6.07) is 0. The SMILES string of the molecule is C=COC(=O)CCCNCCCC. The van der Waals surface area contributed by atoms with Gasteiger partial charge in [-0.3, -0.25) is 4.79 Å². The predicted molar refractivity (Wildman–Crippen MR) is 53.3 cm³/mol. The van der Waals surface area contributed by atoms with Crippen molar-refractivity contribution in [1.29, 1.82) is 0 Å². The summed E-state index contributed by atoms with van der Waals surface area (Å²) in [6.07, 6.45) is 4.86. The molecule has 3 nitrogen and oxygen atoms in total. The summed E-state index contributed by atoms with van der Waals surface area (Å²) >= 11 is 0. The third-order valence-electron chi connectivity index (χ3n) is 1.66. The van der Waals surface area contributed by atoms with Gasteiger partial charge < -0.3 is 10.1 Å². The summed E-state index contributed by atoms with van der Waals surface area (Å²) < 4.78 is 4.57. The summed E-state index contributed by atoms with van der Waals surface area (Å²) in [5.74, 6) is -0.202. The van der Waals surface area contributed by atoms with E-state index in [0.717, 1.165) is 19.5 Å². The predicted octanol–water partition coefficient (Wildman–Crippen LogP) is 1.84. The number of nitrogens with one attached hydrogen (secondary N) is 1. The van der Waals surface area contributed by atoms with Crippen LogP contribution in [0.3, 0.4) is 0 Å². The van der Waals surface area contributed by atoms with E-state index in [2.05, 4.69) is 23.6 Å². The molecule has 0 spiro atoms. The van der Waals surface area contributed by atoms with Crippen LogP contribution in [-0.4, -0.2) is 19.1 Å². The van der Waals surface area contributed by atoms with Gasteiger partial charge in [0.1, 0.15) is 0 Å². The molecule has 13 heavy (non-hydrogen) atoms. The molecule has 0 radical (unpaired) electrons. The zero-order valence-corrected chi connectivity index (χ0v) is 8.34. The van der Waals surface area contributed by atoms with Crippen molar-refractivity contribution < 1.29 is 9.53 Å². The molecule has 0 heterocycles. The van der Waals surface area contributed by atoms with Crippen LogP contribution >= 0.6 is 0 Å². The van der Waals surface area contributed by atoms with Crippen LogP contribution in [0.1, 0.15) is 32.6 Å². The normalized spacial score (nSPS) is 9.62. The second-order valence-corrected chi connectivity index (χ2v) is 2.86. The largest absolute Gasteiger partial charge is 0.435 e. The zero-order chi connectivity index (χ0) is 9.94. The fourth-order valence-corrected chi connectivity index (χ4v) is 0.936. The van der Waals surface area contributed by atoms with Gasteiger partial charge in [-0.25, -0.2) is 0 Å². The van der Waals surface area contributed by atoms with Gasteiger partial charge in [0.25, 0.3) is 0 Å². The van der Waals surface area contributed by atoms with Gasteiger partial charge >= 0.3 is 5.97 Å². The Balaban J connectivity index is 3.06. The van der Waals surface area contributed by atoms with Gasteiger partial charge in [0.15, 0.2) is 0 Å². The van der Waals surface area contributed by atoms with E-state index >= 15 is 0 Å². The van der Waals surface area contributed by atoms with E-state index in [1.54, 1.807) is 0 Å².